The van der Waals surface area contributed by atoms with Gasteiger partial charge in [-0.3, -0.25) is 9.69 Å². The number of rotatable bonds is 9. The number of carbonyl (C=O) groups excluding carboxylic acids is 1. The fraction of sp³-hybridized carbons (Fsp3) is 0.314. The molecule has 1 N–H and O–H groups in total. The first-order valence-corrected chi connectivity index (χ1v) is 15.1. The van der Waals surface area contributed by atoms with Crippen LogP contribution in [0.1, 0.15) is 52.7 Å². The third-order valence-electron chi connectivity index (χ3n) is 8.48. The van der Waals surface area contributed by atoms with Crippen molar-refractivity contribution in [2.24, 2.45) is 0 Å². The van der Waals surface area contributed by atoms with Crippen LogP contribution in [0.2, 0.25) is 0 Å². The third kappa shape index (κ3) is 5.98. The first-order chi connectivity index (χ1) is 21.6. The molecule has 4 aromatic rings. The molecule has 0 unspecified atom stereocenters. The molecule has 1 saturated heterocycles. The van der Waals surface area contributed by atoms with E-state index in [0.29, 0.717) is 42.6 Å². The van der Waals surface area contributed by atoms with Gasteiger partial charge in [-0.1, -0.05) is 60.7 Å². The van der Waals surface area contributed by atoms with Crippen molar-refractivity contribution in [2.45, 2.75) is 57.3 Å². The van der Waals surface area contributed by atoms with Gasteiger partial charge in [-0.2, -0.15) is 4.98 Å². The van der Waals surface area contributed by atoms with Crippen molar-refractivity contribution in [1.29, 1.82) is 0 Å². The van der Waals surface area contributed by atoms with E-state index in [4.69, 9.17) is 18.9 Å². The second-order valence-corrected chi connectivity index (χ2v) is 11.4. The second kappa shape index (κ2) is 12.3. The minimum Gasteiger partial charge on any atom is -0.473 e. The summed E-state index contributed by atoms with van der Waals surface area (Å²) in [5.74, 6) is -0.593. The summed E-state index contributed by atoms with van der Waals surface area (Å²) in [5.41, 5.74) is 4.18. The minimum atomic E-state index is -0.477. The van der Waals surface area contributed by atoms with Crippen LogP contribution in [0.3, 0.4) is 0 Å². The molecule has 3 heterocycles. The molecule has 3 aromatic carbocycles. The summed E-state index contributed by atoms with van der Waals surface area (Å²) in [6.07, 6.45) is 3.21. The normalized spacial score (nSPS) is 17.6. The molecule has 0 atom stereocenters. The number of hydrogen-bond acceptors (Lipinski definition) is 7. The number of halogens is 1. The van der Waals surface area contributed by atoms with Crippen molar-refractivity contribution in [1.82, 2.24) is 4.98 Å². The predicted molar refractivity (Wildman–Crippen MR) is 163 cm³/mol. The molecule has 7 rings (SSSR count). The van der Waals surface area contributed by atoms with Crippen molar-refractivity contribution in [2.75, 3.05) is 23.4 Å². The van der Waals surface area contributed by atoms with E-state index in [1.54, 1.807) is 17.0 Å². The predicted octanol–water partition coefficient (Wildman–Crippen LogP) is 6.64. The van der Waals surface area contributed by atoms with Crippen LogP contribution in [0.15, 0.2) is 84.9 Å². The lowest BCUT2D eigenvalue weighted by atomic mass is 9.89. The summed E-state index contributed by atoms with van der Waals surface area (Å²) in [5, 5.41) is 3.53. The first-order valence-electron chi connectivity index (χ1n) is 15.1. The van der Waals surface area contributed by atoms with Gasteiger partial charge < -0.3 is 24.3 Å². The summed E-state index contributed by atoms with van der Waals surface area (Å²) >= 11 is 0. The zero-order valence-corrected chi connectivity index (χ0v) is 24.3. The van der Waals surface area contributed by atoms with Crippen molar-refractivity contribution in [3.05, 3.63) is 113 Å². The maximum atomic E-state index is 14.9. The Bertz CT molecular complexity index is 1620. The van der Waals surface area contributed by atoms with Gasteiger partial charge in [-0.15, -0.1) is 0 Å². The standard InChI is InChI=1S/C35H34FN3O5/c36-26-19-28-29(30(20-26)37-27-13-15-35(16-14-27)43-17-18-44-35)21-39(34(28)40)31-11-12-32(41-22-24-7-3-1-4-8-24)38-33(31)42-23-25-9-5-2-6-10-25/h1-12,19-20,27,37H,13-18,21-23H2. The molecule has 1 spiro atoms. The van der Waals surface area contributed by atoms with Gasteiger partial charge in [0.15, 0.2) is 5.79 Å². The molecule has 2 fully saturated rings. The van der Waals surface area contributed by atoms with Crippen molar-refractivity contribution in [3.63, 3.8) is 0 Å². The van der Waals surface area contributed by atoms with Gasteiger partial charge in [-0.25, -0.2) is 4.39 Å². The smallest absolute Gasteiger partial charge is 0.259 e. The Morgan fingerprint density at radius 3 is 2.23 bits per heavy atom. The van der Waals surface area contributed by atoms with E-state index < -0.39 is 11.6 Å². The maximum Gasteiger partial charge on any atom is 0.259 e. The number of hydrogen-bond donors (Lipinski definition) is 1. The molecule has 8 nitrogen and oxygen atoms in total. The zero-order valence-electron chi connectivity index (χ0n) is 24.3. The van der Waals surface area contributed by atoms with Crippen LogP contribution in [-0.4, -0.2) is 35.9 Å². The van der Waals surface area contributed by atoms with E-state index in [1.165, 1.54) is 12.1 Å². The average Bonchev–Trinajstić information content (AvgIpc) is 3.65. The van der Waals surface area contributed by atoms with Gasteiger partial charge in [0.1, 0.15) is 24.7 Å². The SMILES string of the molecule is O=C1c2cc(F)cc(NC3CCC4(CC3)OCCO4)c2CN1c1ccc(OCc2ccccc2)nc1OCc1ccccc1. The molecule has 0 radical (unpaired) electrons. The minimum absolute atomic E-state index is 0.121. The van der Waals surface area contributed by atoms with Crippen LogP contribution in [0, 0.1) is 5.82 Å². The highest BCUT2D eigenvalue weighted by molar-refractivity contribution is 6.11. The molecule has 1 amide bonds. The van der Waals surface area contributed by atoms with E-state index in [0.717, 1.165) is 42.4 Å². The number of fused-ring (bicyclic) bond motifs is 1. The number of amides is 1. The lowest BCUT2D eigenvalue weighted by molar-refractivity contribution is -0.177. The molecular weight excluding hydrogens is 561 g/mol. The average molecular weight is 596 g/mol. The lowest BCUT2D eigenvalue weighted by Crippen LogP contribution is -2.39. The Labute approximate surface area is 255 Å². The first kappa shape index (κ1) is 28.3. The van der Waals surface area contributed by atoms with E-state index in [1.807, 2.05) is 60.7 Å². The number of anilines is 2. The number of benzene rings is 3. The largest absolute Gasteiger partial charge is 0.473 e. The highest BCUT2D eigenvalue weighted by Crippen LogP contribution is 2.41. The van der Waals surface area contributed by atoms with Crippen molar-refractivity contribution in [3.8, 4) is 11.8 Å². The number of nitrogens with one attached hydrogen (secondary N) is 1. The third-order valence-corrected chi connectivity index (χ3v) is 8.48. The van der Waals surface area contributed by atoms with E-state index in [9.17, 15) is 9.18 Å². The van der Waals surface area contributed by atoms with Gasteiger partial charge in [0.25, 0.3) is 5.91 Å². The lowest BCUT2D eigenvalue weighted by Gasteiger charge is -2.36. The van der Waals surface area contributed by atoms with E-state index >= 15 is 0 Å². The molecule has 44 heavy (non-hydrogen) atoms. The topological polar surface area (TPSA) is 82.2 Å². The van der Waals surface area contributed by atoms with Crippen LogP contribution in [0.5, 0.6) is 11.8 Å². The van der Waals surface area contributed by atoms with Gasteiger partial charge in [0, 0.05) is 41.8 Å². The van der Waals surface area contributed by atoms with Gasteiger partial charge in [0.05, 0.1) is 19.8 Å². The Hall–Kier alpha value is -4.47. The summed E-state index contributed by atoms with van der Waals surface area (Å²) < 4.78 is 38.8. The maximum absolute atomic E-state index is 14.9. The number of ether oxygens (including phenoxy) is 4. The molecule has 1 aliphatic carbocycles. The quantitative estimate of drug-likeness (QED) is 0.232. The number of aromatic nitrogens is 1. The highest BCUT2D eigenvalue weighted by Gasteiger charge is 2.41. The Morgan fingerprint density at radius 1 is 0.886 bits per heavy atom. The van der Waals surface area contributed by atoms with Crippen molar-refractivity contribution < 1.29 is 28.1 Å². The Kier molecular flexibility index (Phi) is 7.89. The molecule has 1 aromatic heterocycles. The van der Waals surface area contributed by atoms with Gasteiger partial charge >= 0.3 is 0 Å². The zero-order chi connectivity index (χ0) is 29.9. The molecular formula is C35H34FN3O5. The molecule has 0 bridgehead atoms. The van der Waals surface area contributed by atoms with Crippen LogP contribution < -0.4 is 19.7 Å². The van der Waals surface area contributed by atoms with Gasteiger partial charge in [-0.05, 0) is 42.2 Å². The summed E-state index contributed by atoms with van der Waals surface area (Å²) in [4.78, 5) is 20.0. The summed E-state index contributed by atoms with van der Waals surface area (Å²) in [7, 11) is 0. The van der Waals surface area contributed by atoms with Gasteiger partial charge in [0.2, 0.25) is 11.8 Å². The fourth-order valence-electron chi connectivity index (χ4n) is 6.17. The van der Waals surface area contributed by atoms with Crippen molar-refractivity contribution >= 4 is 17.3 Å². The summed E-state index contributed by atoms with van der Waals surface area (Å²) in [6, 6.07) is 26.0. The fourth-order valence-corrected chi connectivity index (χ4v) is 6.17. The van der Waals surface area contributed by atoms with Crippen LogP contribution >= 0.6 is 0 Å². The molecule has 9 heteroatoms. The summed E-state index contributed by atoms with van der Waals surface area (Å²) in [6.45, 7) is 2.11. The molecule has 2 aliphatic heterocycles. The van der Waals surface area contributed by atoms with Crippen LogP contribution in [-0.2, 0) is 29.2 Å². The second-order valence-electron chi connectivity index (χ2n) is 11.4. The highest BCUT2D eigenvalue weighted by atomic mass is 19.1. The molecule has 3 aliphatic rings. The Balaban J connectivity index is 1.13. The Morgan fingerprint density at radius 2 is 1.55 bits per heavy atom. The number of pyridine rings is 1. The van der Waals surface area contributed by atoms with Crippen LogP contribution in [0.4, 0.5) is 15.8 Å². The number of carbonyl (C=O) groups is 1. The molecule has 226 valence electrons. The number of nitrogens with zero attached hydrogens (tertiary/aromatic N) is 2. The van der Waals surface area contributed by atoms with Crippen LogP contribution in [0.25, 0.3) is 0 Å². The molecule has 1 saturated carbocycles. The van der Waals surface area contributed by atoms with E-state index in [2.05, 4.69) is 10.3 Å². The monoisotopic (exact) mass is 595 g/mol. The van der Waals surface area contributed by atoms with E-state index in [-0.39, 0.29) is 31.0 Å².